The van der Waals surface area contributed by atoms with Crippen LogP contribution < -0.4 is 9.47 Å². The maximum atomic E-state index is 13.4. The Morgan fingerprint density at radius 1 is 0.974 bits per heavy atom. The van der Waals surface area contributed by atoms with Crippen molar-refractivity contribution in [3.63, 3.8) is 0 Å². The number of nitrogens with zero attached hydrogens (tertiary/aromatic N) is 2. The highest BCUT2D eigenvalue weighted by Crippen LogP contribution is 2.40. The highest BCUT2D eigenvalue weighted by atomic mass is 35.5. The number of aliphatic imine (C=N–C) groups is 1. The second-order valence-electron chi connectivity index (χ2n) is 8.97. The third-order valence-corrected chi connectivity index (χ3v) is 7.20. The van der Waals surface area contributed by atoms with Crippen molar-refractivity contribution in [1.29, 1.82) is 0 Å². The first-order valence-electron chi connectivity index (χ1n) is 12.1. The Labute approximate surface area is 242 Å². The summed E-state index contributed by atoms with van der Waals surface area (Å²) in [6, 6.07) is 18.2. The lowest BCUT2D eigenvalue weighted by Gasteiger charge is -2.17. The smallest absolute Gasteiger partial charge is 0.266 e. The number of amides is 1. The van der Waals surface area contributed by atoms with Crippen LogP contribution in [0.4, 0.5) is 5.69 Å². The highest BCUT2D eigenvalue weighted by Gasteiger charge is 2.34. The molecule has 0 radical (unpaired) electrons. The Balaban J connectivity index is 1.62. The molecule has 4 rings (SSSR count). The zero-order chi connectivity index (χ0) is 27.2. The van der Waals surface area contributed by atoms with Gasteiger partial charge in [-0.3, -0.25) is 9.69 Å². The van der Waals surface area contributed by atoms with Gasteiger partial charge in [0.25, 0.3) is 5.91 Å². The standard InChI is InChI=1S/C29H27Cl3N2O3S/c1-4-36-25-14-20(13-24(32)27(25)37-17-19-5-7-21(30)8-6-19)15-26-28(35)34(16-18(2)3)29(38-26)33-23-11-9-22(31)10-12-23/h5-15,18H,4,16-17H2,1-3H3/b26-15-,33-29?. The van der Waals surface area contributed by atoms with Gasteiger partial charge in [0.2, 0.25) is 0 Å². The van der Waals surface area contributed by atoms with E-state index in [0.29, 0.717) is 56.4 Å². The SMILES string of the molecule is CCOc1cc(/C=C2\SC(=Nc3ccc(Cl)cc3)N(CC(C)C)C2=O)cc(Cl)c1OCc1ccc(Cl)cc1. The minimum Gasteiger partial charge on any atom is -0.490 e. The molecule has 0 spiro atoms. The first-order valence-corrected chi connectivity index (χ1v) is 14.1. The van der Waals surface area contributed by atoms with Gasteiger partial charge in [-0.05, 0) is 90.3 Å². The molecule has 0 N–H and O–H groups in total. The van der Waals surface area contributed by atoms with Gasteiger partial charge in [-0.2, -0.15) is 0 Å². The molecular formula is C29H27Cl3N2O3S. The molecule has 0 bridgehead atoms. The molecule has 198 valence electrons. The van der Waals surface area contributed by atoms with E-state index < -0.39 is 0 Å². The lowest BCUT2D eigenvalue weighted by Crippen LogP contribution is -2.32. The zero-order valence-electron chi connectivity index (χ0n) is 21.2. The van der Waals surface area contributed by atoms with E-state index in [1.807, 2.05) is 55.5 Å². The Morgan fingerprint density at radius 2 is 1.63 bits per heavy atom. The van der Waals surface area contributed by atoms with Crippen LogP contribution in [0.15, 0.2) is 70.6 Å². The average Bonchev–Trinajstić information content (AvgIpc) is 3.14. The number of carbonyl (C=O) groups is 1. The lowest BCUT2D eigenvalue weighted by atomic mass is 10.1. The van der Waals surface area contributed by atoms with Crippen LogP contribution in [0.2, 0.25) is 15.1 Å². The molecule has 0 aromatic heterocycles. The monoisotopic (exact) mass is 588 g/mol. The normalized spacial score (nSPS) is 15.7. The van der Waals surface area contributed by atoms with Gasteiger partial charge < -0.3 is 9.47 Å². The molecule has 1 amide bonds. The summed E-state index contributed by atoms with van der Waals surface area (Å²) in [4.78, 5) is 20.4. The summed E-state index contributed by atoms with van der Waals surface area (Å²) >= 11 is 20.0. The molecule has 0 aliphatic carbocycles. The van der Waals surface area contributed by atoms with E-state index in [-0.39, 0.29) is 11.8 Å². The molecule has 1 saturated heterocycles. The van der Waals surface area contributed by atoms with E-state index in [9.17, 15) is 4.79 Å². The van der Waals surface area contributed by atoms with Gasteiger partial charge >= 0.3 is 0 Å². The summed E-state index contributed by atoms with van der Waals surface area (Å²) in [5.41, 5.74) is 2.40. The van der Waals surface area contributed by atoms with Gasteiger partial charge in [-0.15, -0.1) is 0 Å². The first-order chi connectivity index (χ1) is 18.2. The van der Waals surface area contributed by atoms with E-state index in [0.717, 1.165) is 16.8 Å². The Kier molecular flexibility index (Phi) is 9.66. The number of halogens is 3. The fourth-order valence-corrected chi connectivity index (χ4v) is 5.24. The number of hydrogen-bond donors (Lipinski definition) is 0. The number of amidine groups is 1. The van der Waals surface area contributed by atoms with Crippen molar-refractivity contribution in [3.05, 3.63) is 91.8 Å². The van der Waals surface area contributed by atoms with Crippen LogP contribution in [0, 0.1) is 5.92 Å². The molecule has 1 fully saturated rings. The quantitative estimate of drug-likeness (QED) is 0.234. The predicted octanol–water partition coefficient (Wildman–Crippen LogP) is 8.88. The minimum atomic E-state index is -0.103. The van der Waals surface area contributed by atoms with Crippen LogP contribution in [0.5, 0.6) is 11.5 Å². The van der Waals surface area contributed by atoms with Gasteiger partial charge in [0, 0.05) is 16.6 Å². The van der Waals surface area contributed by atoms with Crippen molar-refractivity contribution in [1.82, 2.24) is 4.90 Å². The second kappa shape index (κ2) is 12.9. The second-order valence-corrected chi connectivity index (χ2v) is 11.3. The largest absolute Gasteiger partial charge is 0.490 e. The summed E-state index contributed by atoms with van der Waals surface area (Å²) < 4.78 is 11.9. The van der Waals surface area contributed by atoms with E-state index in [2.05, 4.69) is 13.8 Å². The summed E-state index contributed by atoms with van der Waals surface area (Å²) in [6.45, 7) is 7.31. The minimum absolute atomic E-state index is 0.103. The predicted molar refractivity (Wildman–Crippen MR) is 159 cm³/mol. The number of carbonyl (C=O) groups excluding carboxylic acids is 1. The fourth-order valence-electron chi connectivity index (χ4n) is 3.71. The average molecular weight is 590 g/mol. The Morgan fingerprint density at radius 3 is 2.26 bits per heavy atom. The van der Waals surface area contributed by atoms with Gasteiger partial charge in [0.15, 0.2) is 16.7 Å². The van der Waals surface area contributed by atoms with Crippen LogP contribution >= 0.6 is 46.6 Å². The van der Waals surface area contributed by atoms with Crippen molar-refractivity contribution in [2.75, 3.05) is 13.2 Å². The summed E-state index contributed by atoms with van der Waals surface area (Å²) in [7, 11) is 0. The molecule has 0 saturated carbocycles. The summed E-state index contributed by atoms with van der Waals surface area (Å²) in [5, 5.41) is 2.30. The number of rotatable bonds is 9. The van der Waals surface area contributed by atoms with Crippen molar-refractivity contribution in [2.45, 2.75) is 27.4 Å². The van der Waals surface area contributed by atoms with Gasteiger partial charge in [0.05, 0.1) is 22.2 Å². The lowest BCUT2D eigenvalue weighted by molar-refractivity contribution is -0.122. The maximum absolute atomic E-state index is 13.4. The molecule has 38 heavy (non-hydrogen) atoms. The van der Waals surface area contributed by atoms with Gasteiger partial charge in [-0.1, -0.05) is 60.8 Å². The molecule has 0 unspecified atom stereocenters. The van der Waals surface area contributed by atoms with Crippen molar-refractivity contribution in [2.24, 2.45) is 10.9 Å². The molecule has 3 aromatic carbocycles. The maximum Gasteiger partial charge on any atom is 0.266 e. The number of benzene rings is 3. The van der Waals surface area contributed by atoms with Crippen molar-refractivity contribution in [3.8, 4) is 11.5 Å². The molecule has 1 aliphatic heterocycles. The van der Waals surface area contributed by atoms with Gasteiger partial charge in [0.1, 0.15) is 6.61 Å². The third kappa shape index (κ3) is 7.26. The Bertz CT molecular complexity index is 1360. The number of hydrogen-bond acceptors (Lipinski definition) is 5. The summed E-state index contributed by atoms with van der Waals surface area (Å²) in [5.74, 6) is 1.12. The molecule has 1 heterocycles. The molecule has 3 aromatic rings. The van der Waals surface area contributed by atoms with Crippen molar-refractivity contribution < 1.29 is 14.3 Å². The number of thioether (sulfide) groups is 1. The molecule has 5 nitrogen and oxygen atoms in total. The van der Waals surface area contributed by atoms with Crippen LogP contribution in [-0.4, -0.2) is 29.1 Å². The van der Waals surface area contributed by atoms with Crippen molar-refractivity contribution >= 4 is 69.4 Å². The van der Waals surface area contributed by atoms with E-state index in [4.69, 9.17) is 49.3 Å². The third-order valence-electron chi connectivity index (χ3n) is 5.41. The summed E-state index contributed by atoms with van der Waals surface area (Å²) in [6.07, 6.45) is 1.81. The highest BCUT2D eigenvalue weighted by molar-refractivity contribution is 8.18. The topological polar surface area (TPSA) is 51.1 Å². The molecular weight excluding hydrogens is 563 g/mol. The van der Waals surface area contributed by atoms with E-state index >= 15 is 0 Å². The Hall–Kier alpha value is -2.64. The van der Waals surface area contributed by atoms with Crippen LogP contribution in [0.25, 0.3) is 6.08 Å². The van der Waals surface area contributed by atoms with E-state index in [1.165, 1.54) is 11.8 Å². The van der Waals surface area contributed by atoms with E-state index in [1.54, 1.807) is 23.1 Å². The van der Waals surface area contributed by atoms with Crippen LogP contribution in [0.1, 0.15) is 31.9 Å². The van der Waals surface area contributed by atoms with Crippen LogP contribution in [0.3, 0.4) is 0 Å². The molecule has 0 atom stereocenters. The number of ether oxygens (including phenoxy) is 2. The molecule has 9 heteroatoms. The molecule has 1 aliphatic rings. The fraction of sp³-hybridized carbons (Fsp3) is 0.241. The van der Waals surface area contributed by atoms with Crippen LogP contribution in [-0.2, 0) is 11.4 Å². The van der Waals surface area contributed by atoms with Gasteiger partial charge in [-0.25, -0.2) is 4.99 Å². The first kappa shape index (κ1) is 28.4. The zero-order valence-corrected chi connectivity index (χ0v) is 24.3.